The van der Waals surface area contributed by atoms with E-state index in [9.17, 15) is 14.4 Å². The molecule has 1 aromatic rings. The average molecular weight is 386 g/mol. The van der Waals surface area contributed by atoms with Gasteiger partial charge in [-0.3, -0.25) is 4.79 Å². The number of benzene rings is 1. The van der Waals surface area contributed by atoms with Crippen LogP contribution in [0.25, 0.3) is 0 Å². The Morgan fingerprint density at radius 1 is 1.23 bits per heavy atom. The van der Waals surface area contributed by atoms with Gasteiger partial charge in [0.15, 0.2) is 0 Å². The zero-order valence-electron chi connectivity index (χ0n) is 14.7. The Hall–Kier alpha value is -2.65. The molecule has 0 aliphatic carbocycles. The van der Waals surface area contributed by atoms with Crippen molar-refractivity contribution in [2.24, 2.45) is 16.6 Å². The highest BCUT2D eigenvalue weighted by Gasteiger charge is 2.14. The Morgan fingerprint density at radius 3 is 2.31 bits per heavy atom. The van der Waals surface area contributed by atoms with E-state index in [1.54, 1.807) is 31.2 Å². The Labute approximate surface area is 158 Å². The molecule has 5 N–H and O–H groups in total. The number of nitrogens with zero attached hydrogens (tertiary/aromatic N) is 2. The van der Waals surface area contributed by atoms with Gasteiger partial charge < -0.3 is 21.1 Å². The van der Waals surface area contributed by atoms with Crippen LogP contribution in [0.15, 0.2) is 29.4 Å². The zero-order valence-corrected chi connectivity index (χ0v) is 15.5. The first-order valence-electron chi connectivity index (χ1n) is 7.75. The first-order valence-corrected chi connectivity index (χ1v) is 7.75. The lowest BCUT2D eigenvalue weighted by Crippen LogP contribution is -2.33. The number of primary amides is 1. The smallest absolute Gasteiger partial charge is 0.338 e. The number of hydrogen-bond acceptors (Lipinski definition) is 6. The Bertz CT molecular complexity index is 649. The molecular weight excluding hydrogens is 362 g/mol. The molecule has 0 fully saturated rings. The molecule has 0 bridgehead atoms. The Kier molecular flexibility index (Phi) is 10.6. The number of halogens is 1. The van der Waals surface area contributed by atoms with Crippen molar-refractivity contribution >= 4 is 41.7 Å². The van der Waals surface area contributed by atoms with Crippen molar-refractivity contribution in [1.82, 2.24) is 5.43 Å². The van der Waals surface area contributed by atoms with Gasteiger partial charge in [0, 0.05) is 32.1 Å². The van der Waals surface area contributed by atoms with Crippen LogP contribution in [-0.2, 0) is 9.53 Å². The fraction of sp³-hybridized carbons (Fsp3) is 0.375. The second-order valence-corrected chi connectivity index (χ2v) is 5.05. The number of nitrogens with one attached hydrogen (secondary N) is 1. The van der Waals surface area contributed by atoms with Gasteiger partial charge in [-0.25, -0.2) is 15.0 Å². The van der Waals surface area contributed by atoms with E-state index in [1.807, 2.05) is 0 Å². The summed E-state index contributed by atoms with van der Waals surface area (Å²) in [6.45, 7) is 3.88. The summed E-state index contributed by atoms with van der Waals surface area (Å²) in [4.78, 5) is 35.8. The van der Waals surface area contributed by atoms with Gasteiger partial charge in [-0.1, -0.05) is 0 Å². The molecule has 0 unspecified atom stereocenters. The van der Waals surface area contributed by atoms with Crippen molar-refractivity contribution in [3.05, 3.63) is 29.8 Å². The lowest BCUT2D eigenvalue weighted by Gasteiger charge is -2.21. The van der Waals surface area contributed by atoms with Crippen LogP contribution in [0.4, 0.5) is 10.5 Å². The summed E-state index contributed by atoms with van der Waals surface area (Å²) in [6, 6.07) is 5.72. The molecule has 3 amide bonds. The van der Waals surface area contributed by atoms with Gasteiger partial charge >= 0.3 is 12.0 Å². The fourth-order valence-corrected chi connectivity index (χ4v) is 2.04. The van der Waals surface area contributed by atoms with Crippen LogP contribution in [0.1, 0.15) is 30.6 Å². The van der Waals surface area contributed by atoms with E-state index < -0.39 is 12.0 Å². The molecular formula is C16H24ClN5O4. The molecule has 9 nitrogen and oxygen atoms in total. The Morgan fingerprint density at radius 2 is 1.85 bits per heavy atom. The van der Waals surface area contributed by atoms with Crippen molar-refractivity contribution in [3.8, 4) is 0 Å². The molecule has 26 heavy (non-hydrogen) atoms. The molecule has 144 valence electrons. The standard InChI is InChI=1S/C16H23N5O4.ClH/c1-3-25-15(23)12-4-6-14(7-5-12)21(11(2)22)9-8-13(10-17)19-20-16(18)24;/h4-7H,3,8-10,17H2,1-2H3,(H3,18,20,24);1H/b19-13-;. The van der Waals surface area contributed by atoms with Gasteiger partial charge in [-0.05, 0) is 31.2 Å². The predicted octanol–water partition coefficient (Wildman–Crippen LogP) is 1.01. The maximum Gasteiger partial charge on any atom is 0.338 e. The quantitative estimate of drug-likeness (QED) is 0.348. The number of anilines is 1. The minimum absolute atomic E-state index is 0. The van der Waals surface area contributed by atoms with Crippen LogP contribution in [0, 0.1) is 0 Å². The molecule has 1 rings (SSSR count). The topological polar surface area (TPSA) is 140 Å². The number of rotatable bonds is 8. The fourth-order valence-electron chi connectivity index (χ4n) is 2.04. The van der Waals surface area contributed by atoms with Gasteiger partial charge in [-0.15, -0.1) is 12.4 Å². The van der Waals surface area contributed by atoms with Crippen LogP contribution in [0.2, 0.25) is 0 Å². The lowest BCUT2D eigenvalue weighted by atomic mass is 10.1. The molecule has 0 radical (unpaired) electrons. The summed E-state index contributed by atoms with van der Waals surface area (Å²) in [5, 5.41) is 3.79. The third kappa shape index (κ3) is 7.49. The van der Waals surface area contributed by atoms with Gasteiger partial charge in [0.05, 0.1) is 17.9 Å². The van der Waals surface area contributed by atoms with E-state index in [0.29, 0.717) is 36.5 Å². The van der Waals surface area contributed by atoms with Gasteiger partial charge in [0.2, 0.25) is 5.91 Å². The van der Waals surface area contributed by atoms with Gasteiger partial charge in [0.25, 0.3) is 0 Å². The minimum atomic E-state index is -0.788. The summed E-state index contributed by atoms with van der Waals surface area (Å²) in [6.07, 6.45) is 0.357. The number of nitrogens with two attached hydrogens (primary N) is 2. The number of amides is 3. The average Bonchev–Trinajstić information content (AvgIpc) is 2.58. The number of esters is 1. The van der Waals surface area contributed by atoms with Crippen LogP contribution in [-0.4, -0.2) is 43.3 Å². The van der Waals surface area contributed by atoms with E-state index in [1.165, 1.54) is 11.8 Å². The first-order chi connectivity index (χ1) is 11.9. The largest absolute Gasteiger partial charge is 0.462 e. The summed E-state index contributed by atoms with van der Waals surface area (Å²) in [5.74, 6) is -0.596. The summed E-state index contributed by atoms with van der Waals surface area (Å²) < 4.78 is 4.92. The zero-order chi connectivity index (χ0) is 18.8. The van der Waals surface area contributed by atoms with Gasteiger partial charge in [0.1, 0.15) is 0 Å². The van der Waals surface area contributed by atoms with E-state index in [2.05, 4.69) is 10.5 Å². The van der Waals surface area contributed by atoms with E-state index in [0.717, 1.165) is 0 Å². The van der Waals surface area contributed by atoms with Crippen molar-refractivity contribution in [2.45, 2.75) is 20.3 Å². The number of carbonyl (C=O) groups is 3. The number of carbonyl (C=O) groups excluding carboxylic acids is 3. The highest BCUT2D eigenvalue weighted by atomic mass is 35.5. The molecule has 10 heteroatoms. The summed E-state index contributed by atoms with van der Waals surface area (Å²) >= 11 is 0. The molecule has 0 heterocycles. The first kappa shape index (κ1) is 23.4. The minimum Gasteiger partial charge on any atom is -0.462 e. The Balaban J connectivity index is 0.00000625. The monoisotopic (exact) mass is 385 g/mol. The second-order valence-electron chi connectivity index (χ2n) is 5.05. The molecule has 0 spiro atoms. The van der Waals surface area contributed by atoms with Crippen LogP contribution < -0.4 is 21.8 Å². The third-order valence-corrected chi connectivity index (χ3v) is 3.25. The maximum absolute atomic E-state index is 11.9. The molecule has 0 aliphatic heterocycles. The molecule has 0 saturated carbocycles. The lowest BCUT2D eigenvalue weighted by molar-refractivity contribution is -0.116. The van der Waals surface area contributed by atoms with Crippen LogP contribution in [0.5, 0.6) is 0 Å². The third-order valence-electron chi connectivity index (χ3n) is 3.25. The number of urea groups is 1. The van der Waals surface area contributed by atoms with Crippen molar-refractivity contribution in [1.29, 1.82) is 0 Å². The summed E-state index contributed by atoms with van der Waals surface area (Å²) in [5.41, 5.74) is 14.2. The van der Waals surface area contributed by atoms with Crippen molar-refractivity contribution in [2.75, 3.05) is 24.6 Å². The summed E-state index contributed by atoms with van der Waals surface area (Å²) in [7, 11) is 0. The number of hydrogen-bond donors (Lipinski definition) is 3. The van der Waals surface area contributed by atoms with Crippen molar-refractivity contribution in [3.63, 3.8) is 0 Å². The molecule has 1 aromatic carbocycles. The molecule has 0 saturated heterocycles. The molecule has 0 aliphatic rings. The van der Waals surface area contributed by atoms with E-state index >= 15 is 0 Å². The number of hydrazone groups is 1. The normalized spacial score (nSPS) is 10.5. The van der Waals surface area contributed by atoms with Crippen LogP contribution >= 0.6 is 12.4 Å². The van der Waals surface area contributed by atoms with E-state index in [-0.39, 0.29) is 24.9 Å². The molecule has 0 atom stereocenters. The van der Waals surface area contributed by atoms with Crippen molar-refractivity contribution < 1.29 is 19.1 Å². The predicted molar refractivity (Wildman–Crippen MR) is 101 cm³/mol. The highest BCUT2D eigenvalue weighted by Crippen LogP contribution is 2.17. The number of ether oxygens (including phenoxy) is 1. The maximum atomic E-state index is 11.9. The second kappa shape index (κ2) is 11.8. The van der Waals surface area contributed by atoms with E-state index in [4.69, 9.17) is 16.2 Å². The van der Waals surface area contributed by atoms with Crippen LogP contribution in [0.3, 0.4) is 0 Å². The SMILES string of the molecule is CCOC(=O)c1ccc(N(CC/C(CN)=N/NC(N)=O)C(C)=O)cc1.Cl. The highest BCUT2D eigenvalue weighted by molar-refractivity contribution is 5.95. The molecule has 0 aromatic heterocycles. The van der Waals surface area contributed by atoms with Gasteiger partial charge in [-0.2, -0.15) is 5.10 Å².